The summed E-state index contributed by atoms with van der Waals surface area (Å²) in [4.78, 5) is 13.4. The van der Waals surface area contributed by atoms with Crippen molar-refractivity contribution < 1.29 is 14.6 Å². The van der Waals surface area contributed by atoms with Gasteiger partial charge in [0.25, 0.3) is 0 Å². The summed E-state index contributed by atoms with van der Waals surface area (Å²) in [7, 11) is 0. The molecule has 2 aromatic rings. The minimum atomic E-state index is -0.726. The molecule has 2 fully saturated rings. The van der Waals surface area contributed by atoms with Crippen molar-refractivity contribution in [2.45, 2.75) is 76.5 Å². The molecule has 0 aromatic heterocycles. The maximum Gasteiger partial charge on any atom is 0.303 e. The largest absolute Gasteiger partial charge is 0.481 e. The quantitative estimate of drug-likeness (QED) is 0.378. The van der Waals surface area contributed by atoms with Crippen LogP contribution < -0.4 is 0 Å². The summed E-state index contributed by atoms with van der Waals surface area (Å²) in [5.41, 5.74) is 3.71. The first-order chi connectivity index (χ1) is 16.7. The number of carboxylic acid groups (broad SMARTS) is 1. The monoisotopic (exact) mass is 461 g/mol. The highest BCUT2D eigenvalue weighted by atomic mass is 16.5. The average Bonchev–Trinajstić information content (AvgIpc) is 3.28. The lowest BCUT2D eigenvalue weighted by Gasteiger charge is -2.37. The van der Waals surface area contributed by atoms with Crippen LogP contribution in [0.3, 0.4) is 0 Å². The number of carboxylic acids is 1. The minimum Gasteiger partial charge on any atom is -0.481 e. The van der Waals surface area contributed by atoms with Crippen LogP contribution in [-0.4, -0.2) is 41.2 Å². The van der Waals surface area contributed by atoms with Crippen molar-refractivity contribution >= 4 is 5.97 Å². The molecule has 2 aromatic carbocycles. The molecule has 3 atom stereocenters. The van der Waals surface area contributed by atoms with Crippen LogP contribution in [0, 0.1) is 5.92 Å². The van der Waals surface area contributed by atoms with E-state index in [9.17, 15) is 4.79 Å². The van der Waals surface area contributed by atoms with Gasteiger partial charge in [0.15, 0.2) is 0 Å². The van der Waals surface area contributed by atoms with Crippen LogP contribution in [0.25, 0.3) is 11.1 Å². The predicted octanol–water partition coefficient (Wildman–Crippen LogP) is 6.70. The Bertz CT molecular complexity index is 902. The maximum absolute atomic E-state index is 10.7. The molecule has 0 spiro atoms. The molecule has 4 heteroatoms. The number of hydrogen-bond acceptors (Lipinski definition) is 3. The van der Waals surface area contributed by atoms with Crippen molar-refractivity contribution in [2.75, 3.05) is 13.1 Å². The van der Waals surface area contributed by atoms with Crippen molar-refractivity contribution in [1.29, 1.82) is 0 Å². The van der Waals surface area contributed by atoms with E-state index in [1.807, 2.05) is 12.1 Å². The van der Waals surface area contributed by atoms with E-state index in [2.05, 4.69) is 59.5 Å². The lowest BCUT2D eigenvalue weighted by Crippen LogP contribution is -2.43. The number of hydrogen-bond donors (Lipinski definition) is 1. The number of ether oxygens (including phenoxy) is 1. The number of benzene rings is 2. The van der Waals surface area contributed by atoms with E-state index in [1.165, 1.54) is 55.5 Å². The van der Waals surface area contributed by atoms with Crippen molar-refractivity contribution in [3.05, 3.63) is 72.3 Å². The van der Waals surface area contributed by atoms with Crippen LogP contribution >= 0.6 is 0 Å². The average molecular weight is 462 g/mol. The first-order valence-electron chi connectivity index (χ1n) is 13.1. The zero-order valence-electron chi connectivity index (χ0n) is 20.3. The topological polar surface area (TPSA) is 49.8 Å². The molecule has 1 saturated carbocycles. The van der Waals surface area contributed by atoms with E-state index in [-0.39, 0.29) is 6.42 Å². The van der Waals surface area contributed by atoms with Crippen molar-refractivity contribution in [1.82, 2.24) is 4.90 Å². The Kier molecular flexibility index (Phi) is 9.35. The first kappa shape index (κ1) is 24.7. The van der Waals surface area contributed by atoms with Crippen LogP contribution in [0.4, 0.5) is 0 Å². The minimum absolute atomic E-state index is 0.213. The fourth-order valence-corrected chi connectivity index (χ4v) is 5.66. The van der Waals surface area contributed by atoms with Crippen molar-refractivity contribution in [3.8, 4) is 11.1 Å². The predicted molar refractivity (Wildman–Crippen MR) is 138 cm³/mol. The van der Waals surface area contributed by atoms with Gasteiger partial charge in [-0.1, -0.05) is 73.2 Å². The van der Waals surface area contributed by atoms with E-state index in [0.29, 0.717) is 31.1 Å². The summed E-state index contributed by atoms with van der Waals surface area (Å²) in [6.07, 6.45) is 13.8. The third kappa shape index (κ3) is 7.04. The molecular formula is C30H39NO3. The lowest BCUT2D eigenvalue weighted by molar-refractivity contribution is -0.136. The second-order valence-corrected chi connectivity index (χ2v) is 9.80. The molecular weight excluding hydrogens is 422 g/mol. The number of likely N-dealkylation sites (tertiary alicyclic amines) is 1. The summed E-state index contributed by atoms with van der Waals surface area (Å²) in [6, 6.07) is 19.9. The van der Waals surface area contributed by atoms with E-state index < -0.39 is 5.97 Å². The molecule has 182 valence electrons. The molecule has 1 saturated heterocycles. The highest BCUT2D eigenvalue weighted by molar-refractivity contribution is 5.66. The Hall–Kier alpha value is -2.43. The second-order valence-electron chi connectivity index (χ2n) is 9.80. The van der Waals surface area contributed by atoms with Crippen LogP contribution in [0.5, 0.6) is 0 Å². The number of carbonyl (C=O) groups is 1. The Balaban J connectivity index is 1.34. The molecule has 1 N–H and O–H groups in total. The molecule has 4 nitrogen and oxygen atoms in total. The zero-order valence-corrected chi connectivity index (χ0v) is 20.3. The lowest BCUT2D eigenvalue weighted by atomic mass is 9.93. The van der Waals surface area contributed by atoms with Gasteiger partial charge in [-0.05, 0) is 74.7 Å². The van der Waals surface area contributed by atoms with Crippen LogP contribution in [0.15, 0.2) is 66.7 Å². The highest BCUT2D eigenvalue weighted by Gasteiger charge is 2.39. The molecule has 1 aliphatic heterocycles. The second kappa shape index (κ2) is 12.9. The summed E-state index contributed by atoms with van der Waals surface area (Å²) in [5.74, 6) is -0.179. The fourth-order valence-electron chi connectivity index (χ4n) is 5.66. The molecule has 4 rings (SSSR count). The highest BCUT2D eigenvalue weighted by Crippen LogP contribution is 2.37. The number of piperidine rings is 1. The van der Waals surface area contributed by atoms with Gasteiger partial charge in [0.1, 0.15) is 0 Å². The molecule has 0 radical (unpaired) electrons. The van der Waals surface area contributed by atoms with E-state index >= 15 is 0 Å². The SMILES string of the molecule is O=C(O)CC/C=C\CC[C@H]1[C@@H](OCc2ccc(-c3ccccc3)cc2)CC[C@@H]1N1CCCCC1. The van der Waals surface area contributed by atoms with E-state index in [1.54, 1.807) is 0 Å². The van der Waals surface area contributed by atoms with E-state index in [0.717, 1.165) is 19.3 Å². The Morgan fingerprint density at radius 1 is 0.912 bits per heavy atom. The smallest absolute Gasteiger partial charge is 0.303 e. The molecule has 2 aliphatic rings. The summed E-state index contributed by atoms with van der Waals surface area (Å²) < 4.78 is 6.55. The number of allylic oxidation sites excluding steroid dienone is 2. The first-order valence-corrected chi connectivity index (χ1v) is 13.1. The molecule has 0 amide bonds. The molecule has 0 bridgehead atoms. The Labute approximate surface area is 204 Å². The van der Waals surface area contributed by atoms with Gasteiger partial charge in [-0.2, -0.15) is 0 Å². The van der Waals surface area contributed by atoms with Gasteiger partial charge in [-0.25, -0.2) is 0 Å². The molecule has 1 aliphatic carbocycles. The van der Waals surface area contributed by atoms with E-state index in [4.69, 9.17) is 9.84 Å². The fraction of sp³-hybridized carbons (Fsp3) is 0.500. The molecule has 0 unspecified atom stereocenters. The molecule has 1 heterocycles. The Morgan fingerprint density at radius 2 is 1.62 bits per heavy atom. The summed E-state index contributed by atoms with van der Waals surface area (Å²) in [6.45, 7) is 3.12. The van der Waals surface area contributed by atoms with Gasteiger partial charge in [0.05, 0.1) is 12.7 Å². The van der Waals surface area contributed by atoms with Crippen molar-refractivity contribution in [3.63, 3.8) is 0 Å². The number of rotatable bonds is 11. The zero-order chi connectivity index (χ0) is 23.6. The summed E-state index contributed by atoms with van der Waals surface area (Å²) >= 11 is 0. The normalized spacial score (nSPS) is 23.5. The Morgan fingerprint density at radius 3 is 2.35 bits per heavy atom. The summed E-state index contributed by atoms with van der Waals surface area (Å²) in [5, 5.41) is 8.83. The van der Waals surface area contributed by atoms with Gasteiger partial charge in [0.2, 0.25) is 0 Å². The van der Waals surface area contributed by atoms with Gasteiger partial charge in [0, 0.05) is 18.4 Å². The van der Waals surface area contributed by atoms with Gasteiger partial charge in [-0.15, -0.1) is 0 Å². The van der Waals surface area contributed by atoms with Crippen LogP contribution in [0.1, 0.15) is 63.4 Å². The maximum atomic E-state index is 10.7. The standard InChI is InChI=1S/C30H39NO3/c32-30(33)14-8-2-1-7-13-27-28(31-21-9-4-10-22-31)19-20-29(27)34-23-24-15-17-26(18-16-24)25-11-5-3-6-12-25/h1-3,5-6,11-12,15-18,27-29H,4,7-10,13-14,19-23H2,(H,32,33)/b2-1-/t27-,28+,29+/m1/s1. The van der Waals surface area contributed by atoms with Gasteiger partial charge >= 0.3 is 5.97 Å². The van der Waals surface area contributed by atoms with Gasteiger partial charge in [-0.3, -0.25) is 4.79 Å². The third-order valence-corrected chi connectivity index (χ3v) is 7.46. The third-order valence-electron chi connectivity index (χ3n) is 7.46. The van der Waals surface area contributed by atoms with Gasteiger partial charge < -0.3 is 14.7 Å². The molecule has 34 heavy (non-hydrogen) atoms. The number of nitrogens with zero attached hydrogens (tertiary/aromatic N) is 1. The van der Waals surface area contributed by atoms with Crippen molar-refractivity contribution in [2.24, 2.45) is 5.92 Å². The van der Waals surface area contributed by atoms with Crippen LogP contribution in [-0.2, 0) is 16.1 Å². The van der Waals surface area contributed by atoms with Crippen LogP contribution in [0.2, 0.25) is 0 Å². The number of aliphatic carboxylic acids is 1.